The van der Waals surface area contributed by atoms with Gasteiger partial charge in [-0.15, -0.1) is 0 Å². The van der Waals surface area contributed by atoms with Crippen LogP contribution in [0.5, 0.6) is 0 Å². The molecule has 0 amide bonds. The molecule has 1 rings (SSSR count). The van der Waals surface area contributed by atoms with E-state index in [0.29, 0.717) is 11.1 Å². The quantitative estimate of drug-likeness (QED) is 0.831. The first-order valence-corrected chi connectivity index (χ1v) is 4.90. The van der Waals surface area contributed by atoms with E-state index in [0.717, 1.165) is 5.56 Å². The van der Waals surface area contributed by atoms with Crippen molar-refractivity contribution >= 4 is 5.97 Å². The summed E-state index contributed by atoms with van der Waals surface area (Å²) in [7, 11) is 0. The highest BCUT2D eigenvalue weighted by molar-refractivity contribution is 5.76. The molecule has 0 saturated heterocycles. The van der Waals surface area contributed by atoms with Gasteiger partial charge in [0, 0.05) is 0 Å². The molecule has 0 fully saturated rings. The molecule has 0 aliphatic carbocycles. The van der Waals surface area contributed by atoms with Crippen molar-refractivity contribution < 1.29 is 14.3 Å². The summed E-state index contributed by atoms with van der Waals surface area (Å²) in [6, 6.07) is 5.09. The average molecular weight is 210 g/mol. The van der Waals surface area contributed by atoms with Crippen LogP contribution in [0.15, 0.2) is 18.2 Å². The molecule has 1 aromatic carbocycles. The van der Waals surface area contributed by atoms with Gasteiger partial charge in [0.15, 0.2) is 0 Å². The second-order valence-electron chi connectivity index (χ2n) is 3.79. The maximum atomic E-state index is 13.1. The van der Waals surface area contributed by atoms with Crippen LogP contribution in [0.2, 0.25) is 0 Å². The van der Waals surface area contributed by atoms with Crippen molar-refractivity contribution in [1.29, 1.82) is 0 Å². The summed E-state index contributed by atoms with van der Waals surface area (Å²) >= 11 is 0. The van der Waals surface area contributed by atoms with Gasteiger partial charge in [-0.25, -0.2) is 4.39 Å². The molecule has 0 aliphatic heterocycles. The smallest absolute Gasteiger partial charge is 0.310 e. The fourth-order valence-electron chi connectivity index (χ4n) is 1.51. The highest BCUT2D eigenvalue weighted by Crippen LogP contribution is 2.25. The number of carboxylic acids is 1. The minimum absolute atomic E-state index is 0.531. The molecule has 2 unspecified atom stereocenters. The highest BCUT2D eigenvalue weighted by Gasteiger charge is 2.17. The molecule has 0 saturated carbocycles. The normalized spacial score (nSPS) is 14.7. The zero-order valence-corrected chi connectivity index (χ0v) is 9.12. The maximum absolute atomic E-state index is 13.1. The van der Waals surface area contributed by atoms with Crippen LogP contribution in [-0.2, 0) is 4.79 Å². The monoisotopic (exact) mass is 210 g/mol. The number of hydrogen-bond acceptors (Lipinski definition) is 1. The molecule has 1 aromatic rings. The van der Waals surface area contributed by atoms with Gasteiger partial charge in [0.1, 0.15) is 6.17 Å². The minimum atomic E-state index is -1.06. The second kappa shape index (κ2) is 4.43. The third-order valence-electron chi connectivity index (χ3n) is 2.60. The fourth-order valence-corrected chi connectivity index (χ4v) is 1.51. The molecule has 0 bridgehead atoms. The summed E-state index contributed by atoms with van der Waals surface area (Å²) in [6.45, 7) is 4.89. The number of carbonyl (C=O) groups is 1. The topological polar surface area (TPSA) is 37.3 Å². The Hall–Kier alpha value is -1.38. The van der Waals surface area contributed by atoms with Crippen LogP contribution in [0.3, 0.4) is 0 Å². The highest BCUT2D eigenvalue weighted by atomic mass is 19.1. The van der Waals surface area contributed by atoms with Crippen LogP contribution in [0.1, 0.15) is 42.6 Å². The second-order valence-corrected chi connectivity index (χ2v) is 3.79. The number of carboxylic acid groups (broad SMARTS) is 1. The Morgan fingerprint density at radius 1 is 1.40 bits per heavy atom. The van der Waals surface area contributed by atoms with Crippen molar-refractivity contribution in [3.05, 3.63) is 34.9 Å². The molecule has 0 heterocycles. The van der Waals surface area contributed by atoms with Crippen molar-refractivity contribution in [3.63, 3.8) is 0 Å². The number of rotatable bonds is 3. The molecular formula is C12H15FO2. The summed E-state index contributed by atoms with van der Waals surface area (Å²) in [5.74, 6) is -1.48. The number of benzene rings is 1. The van der Waals surface area contributed by atoms with Crippen molar-refractivity contribution in [2.24, 2.45) is 0 Å². The molecule has 2 atom stereocenters. The van der Waals surface area contributed by atoms with Crippen LogP contribution >= 0.6 is 0 Å². The van der Waals surface area contributed by atoms with Gasteiger partial charge >= 0.3 is 5.97 Å². The predicted octanol–water partition coefficient (Wildman–Crippen LogP) is 3.21. The summed E-state index contributed by atoms with van der Waals surface area (Å²) in [5.41, 5.74) is 2.10. The Bertz CT molecular complexity index is 372. The standard InChI is InChI=1S/C12H15FO2/c1-7-4-5-10(9(3)13)6-11(7)8(2)12(14)15/h4-6,8-9H,1-3H3,(H,14,15). The Balaban J connectivity index is 3.16. The Kier molecular flexibility index (Phi) is 3.45. The van der Waals surface area contributed by atoms with Gasteiger partial charge in [-0.1, -0.05) is 18.2 Å². The van der Waals surface area contributed by atoms with Gasteiger partial charge in [0.2, 0.25) is 0 Å². The molecule has 3 heteroatoms. The fraction of sp³-hybridized carbons (Fsp3) is 0.417. The zero-order valence-electron chi connectivity index (χ0n) is 9.12. The number of aliphatic carboxylic acids is 1. The van der Waals surface area contributed by atoms with Gasteiger partial charge in [-0.05, 0) is 37.5 Å². The number of halogens is 1. The van der Waals surface area contributed by atoms with Crippen LogP contribution in [0.25, 0.3) is 0 Å². The van der Waals surface area contributed by atoms with Gasteiger partial charge in [-0.3, -0.25) is 4.79 Å². The van der Waals surface area contributed by atoms with Crippen LogP contribution in [-0.4, -0.2) is 11.1 Å². The lowest BCUT2D eigenvalue weighted by Gasteiger charge is -2.13. The van der Waals surface area contributed by atoms with E-state index < -0.39 is 18.1 Å². The number of aryl methyl sites for hydroxylation is 1. The molecule has 82 valence electrons. The van der Waals surface area contributed by atoms with Crippen molar-refractivity contribution in [2.45, 2.75) is 32.9 Å². The van der Waals surface area contributed by atoms with Gasteiger partial charge in [-0.2, -0.15) is 0 Å². The Morgan fingerprint density at radius 2 is 2.00 bits per heavy atom. The number of hydrogen-bond donors (Lipinski definition) is 1. The van der Waals surface area contributed by atoms with Gasteiger partial charge in [0.25, 0.3) is 0 Å². The molecule has 0 radical (unpaired) electrons. The summed E-state index contributed by atoms with van der Waals surface area (Å²) < 4.78 is 13.1. The summed E-state index contributed by atoms with van der Waals surface area (Å²) in [4.78, 5) is 10.8. The van der Waals surface area contributed by atoms with Gasteiger partial charge < -0.3 is 5.11 Å². The first-order valence-electron chi connectivity index (χ1n) is 4.90. The lowest BCUT2D eigenvalue weighted by atomic mass is 9.93. The van der Waals surface area contributed by atoms with E-state index >= 15 is 0 Å². The average Bonchev–Trinajstić information content (AvgIpc) is 2.16. The van der Waals surface area contributed by atoms with E-state index in [1.807, 2.05) is 6.92 Å². The van der Waals surface area contributed by atoms with Crippen molar-refractivity contribution in [2.75, 3.05) is 0 Å². The largest absolute Gasteiger partial charge is 0.481 e. The molecule has 0 aromatic heterocycles. The first-order chi connectivity index (χ1) is 6.93. The summed E-state index contributed by atoms with van der Waals surface area (Å²) in [5, 5.41) is 8.90. The zero-order chi connectivity index (χ0) is 11.6. The lowest BCUT2D eigenvalue weighted by Crippen LogP contribution is -2.09. The minimum Gasteiger partial charge on any atom is -0.481 e. The molecular weight excluding hydrogens is 195 g/mol. The van der Waals surface area contributed by atoms with E-state index in [2.05, 4.69) is 0 Å². The maximum Gasteiger partial charge on any atom is 0.310 e. The molecule has 0 aliphatic rings. The van der Waals surface area contributed by atoms with Crippen LogP contribution in [0, 0.1) is 6.92 Å². The SMILES string of the molecule is Cc1ccc(C(C)F)cc1C(C)C(=O)O. The van der Waals surface area contributed by atoms with Gasteiger partial charge in [0.05, 0.1) is 5.92 Å². The van der Waals surface area contributed by atoms with E-state index in [1.54, 1.807) is 25.1 Å². The first kappa shape index (κ1) is 11.7. The van der Waals surface area contributed by atoms with E-state index in [-0.39, 0.29) is 0 Å². The molecule has 15 heavy (non-hydrogen) atoms. The lowest BCUT2D eigenvalue weighted by molar-refractivity contribution is -0.138. The molecule has 1 N–H and O–H groups in total. The number of alkyl halides is 1. The predicted molar refractivity (Wildman–Crippen MR) is 56.8 cm³/mol. The van der Waals surface area contributed by atoms with Crippen molar-refractivity contribution in [3.8, 4) is 0 Å². The Morgan fingerprint density at radius 3 is 2.47 bits per heavy atom. The Labute approximate surface area is 88.7 Å². The van der Waals surface area contributed by atoms with Crippen LogP contribution < -0.4 is 0 Å². The third kappa shape index (κ3) is 2.55. The van der Waals surface area contributed by atoms with E-state index in [1.165, 1.54) is 6.92 Å². The molecule has 2 nitrogen and oxygen atoms in total. The molecule has 0 spiro atoms. The third-order valence-corrected chi connectivity index (χ3v) is 2.60. The summed E-state index contributed by atoms with van der Waals surface area (Å²) in [6.07, 6.45) is -1.06. The van der Waals surface area contributed by atoms with Crippen molar-refractivity contribution in [1.82, 2.24) is 0 Å². The van der Waals surface area contributed by atoms with Crippen LogP contribution in [0.4, 0.5) is 4.39 Å². The van der Waals surface area contributed by atoms with E-state index in [4.69, 9.17) is 5.11 Å². The van der Waals surface area contributed by atoms with E-state index in [9.17, 15) is 9.18 Å².